The Morgan fingerprint density at radius 1 is 1.29 bits per heavy atom. The molecule has 2 N–H and O–H groups in total. The molecule has 0 aliphatic carbocycles. The SMILES string of the molecule is O=C1NC(c2ccc(F)cc2)C(=O)N1CCO. The zero-order valence-electron chi connectivity index (χ0n) is 8.89. The number of hydrogen-bond acceptors (Lipinski definition) is 3. The number of amides is 3. The summed E-state index contributed by atoms with van der Waals surface area (Å²) < 4.78 is 12.7. The van der Waals surface area contributed by atoms with Crippen LogP contribution >= 0.6 is 0 Å². The lowest BCUT2D eigenvalue weighted by atomic mass is 10.1. The lowest BCUT2D eigenvalue weighted by molar-refractivity contribution is -0.127. The molecule has 5 nitrogen and oxygen atoms in total. The Hall–Kier alpha value is -1.95. The van der Waals surface area contributed by atoms with Gasteiger partial charge in [0.05, 0.1) is 13.2 Å². The molecule has 0 saturated carbocycles. The molecule has 1 aromatic rings. The monoisotopic (exact) mass is 238 g/mol. The highest BCUT2D eigenvalue weighted by Gasteiger charge is 2.38. The van der Waals surface area contributed by atoms with E-state index < -0.39 is 23.8 Å². The lowest BCUT2D eigenvalue weighted by Gasteiger charge is -2.10. The van der Waals surface area contributed by atoms with Crippen LogP contribution in [-0.4, -0.2) is 35.1 Å². The second kappa shape index (κ2) is 4.50. The maximum Gasteiger partial charge on any atom is 0.325 e. The third-order valence-electron chi connectivity index (χ3n) is 2.55. The number of imide groups is 1. The van der Waals surface area contributed by atoms with Crippen LogP contribution < -0.4 is 5.32 Å². The Kier molecular flexibility index (Phi) is 3.06. The van der Waals surface area contributed by atoms with Gasteiger partial charge in [0.25, 0.3) is 5.91 Å². The first-order valence-electron chi connectivity index (χ1n) is 5.11. The minimum absolute atomic E-state index is 0.0393. The number of benzene rings is 1. The molecular formula is C11H11FN2O3. The predicted molar refractivity (Wildman–Crippen MR) is 56.5 cm³/mol. The van der Waals surface area contributed by atoms with Crippen molar-refractivity contribution in [2.75, 3.05) is 13.2 Å². The van der Waals surface area contributed by atoms with E-state index in [0.717, 1.165) is 4.90 Å². The number of carbonyl (C=O) groups is 2. The van der Waals surface area contributed by atoms with Crippen LogP contribution in [0.2, 0.25) is 0 Å². The maximum absolute atomic E-state index is 12.7. The minimum Gasteiger partial charge on any atom is -0.395 e. The summed E-state index contributed by atoms with van der Waals surface area (Å²) >= 11 is 0. The lowest BCUT2D eigenvalue weighted by Crippen LogP contribution is -2.33. The average molecular weight is 238 g/mol. The summed E-state index contributed by atoms with van der Waals surface area (Å²) in [5.41, 5.74) is 0.519. The third kappa shape index (κ3) is 2.12. The molecular weight excluding hydrogens is 227 g/mol. The first-order chi connectivity index (χ1) is 8.13. The first kappa shape index (κ1) is 11.5. The standard InChI is InChI=1S/C11H11FN2O3/c12-8-3-1-7(2-4-8)9-10(16)14(5-6-15)11(17)13-9/h1-4,9,15H,5-6H2,(H,13,17). The van der Waals surface area contributed by atoms with Crippen LogP contribution in [0, 0.1) is 5.82 Å². The molecule has 3 amide bonds. The van der Waals surface area contributed by atoms with Gasteiger partial charge in [0.1, 0.15) is 11.9 Å². The van der Waals surface area contributed by atoms with E-state index in [-0.39, 0.29) is 13.2 Å². The van der Waals surface area contributed by atoms with Crippen molar-refractivity contribution >= 4 is 11.9 Å². The van der Waals surface area contributed by atoms with E-state index in [1.54, 1.807) is 0 Å². The quantitative estimate of drug-likeness (QED) is 0.749. The van der Waals surface area contributed by atoms with E-state index in [9.17, 15) is 14.0 Å². The van der Waals surface area contributed by atoms with Gasteiger partial charge in [-0.05, 0) is 17.7 Å². The van der Waals surface area contributed by atoms with Crippen molar-refractivity contribution in [1.82, 2.24) is 10.2 Å². The molecule has 0 bridgehead atoms. The van der Waals surface area contributed by atoms with Crippen LogP contribution in [0.1, 0.15) is 11.6 Å². The van der Waals surface area contributed by atoms with Gasteiger partial charge in [0.15, 0.2) is 0 Å². The van der Waals surface area contributed by atoms with Crippen LogP contribution in [0.4, 0.5) is 9.18 Å². The van der Waals surface area contributed by atoms with Crippen molar-refractivity contribution < 1.29 is 19.1 Å². The van der Waals surface area contributed by atoms with Gasteiger partial charge in [-0.3, -0.25) is 9.69 Å². The summed E-state index contributed by atoms with van der Waals surface area (Å²) in [5.74, 6) is -0.839. The number of hydrogen-bond donors (Lipinski definition) is 2. The normalized spacial score (nSPS) is 19.6. The molecule has 1 fully saturated rings. The van der Waals surface area contributed by atoms with Crippen LogP contribution in [0.3, 0.4) is 0 Å². The Bertz CT molecular complexity index is 447. The van der Waals surface area contributed by atoms with Crippen molar-refractivity contribution in [3.8, 4) is 0 Å². The predicted octanol–water partition coefficient (Wildman–Crippen LogP) is 0.411. The number of rotatable bonds is 3. The van der Waals surface area contributed by atoms with Crippen molar-refractivity contribution in [3.63, 3.8) is 0 Å². The third-order valence-corrected chi connectivity index (χ3v) is 2.55. The molecule has 1 heterocycles. The van der Waals surface area contributed by atoms with Crippen molar-refractivity contribution in [1.29, 1.82) is 0 Å². The van der Waals surface area contributed by atoms with Crippen LogP contribution in [-0.2, 0) is 4.79 Å². The highest BCUT2D eigenvalue weighted by atomic mass is 19.1. The van der Waals surface area contributed by atoms with E-state index in [1.807, 2.05) is 0 Å². The highest BCUT2D eigenvalue weighted by Crippen LogP contribution is 2.21. The molecule has 6 heteroatoms. The zero-order valence-corrected chi connectivity index (χ0v) is 8.89. The molecule has 1 saturated heterocycles. The molecule has 1 atom stereocenters. The number of β-amino-alcohol motifs (C(OH)–C–C–N with tert-alkyl or cyclic N) is 1. The fraction of sp³-hybridized carbons (Fsp3) is 0.273. The number of nitrogens with one attached hydrogen (secondary N) is 1. The number of carbonyl (C=O) groups excluding carboxylic acids is 2. The minimum atomic E-state index is -0.797. The molecule has 1 aromatic carbocycles. The summed E-state index contributed by atoms with van der Waals surface area (Å²) in [4.78, 5) is 24.2. The topological polar surface area (TPSA) is 69.6 Å². The van der Waals surface area contributed by atoms with E-state index in [2.05, 4.69) is 5.32 Å². The van der Waals surface area contributed by atoms with Gasteiger partial charge in [0, 0.05) is 0 Å². The Morgan fingerprint density at radius 2 is 1.94 bits per heavy atom. The summed E-state index contributed by atoms with van der Waals surface area (Å²) in [6.45, 7) is -0.322. The van der Waals surface area contributed by atoms with Crippen LogP contribution in [0.25, 0.3) is 0 Å². The fourth-order valence-electron chi connectivity index (χ4n) is 1.71. The number of nitrogens with zero attached hydrogens (tertiary/aromatic N) is 1. The molecule has 0 aromatic heterocycles. The summed E-state index contributed by atoms with van der Waals surface area (Å²) in [6, 6.07) is 4.00. The van der Waals surface area contributed by atoms with Crippen molar-refractivity contribution in [2.45, 2.75) is 6.04 Å². The fourth-order valence-corrected chi connectivity index (χ4v) is 1.71. The summed E-state index contributed by atoms with van der Waals surface area (Å²) in [6.07, 6.45) is 0. The Morgan fingerprint density at radius 3 is 2.53 bits per heavy atom. The maximum atomic E-state index is 12.7. The van der Waals surface area contributed by atoms with Gasteiger partial charge < -0.3 is 10.4 Å². The Labute approximate surface area is 96.8 Å². The molecule has 17 heavy (non-hydrogen) atoms. The number of aliphatic hydroxyl groups excluding tert-OH is 1. The van der Waals surface area contributed by atoms with Gasteiger partial charge in [-0.15, -0.1) is 0 Å². The molecule has 90 valence electrons. The van der Waals surface area contributed by atoms with Gasteiger partial charge in [-0.2, -0.15) is 0 Å². The molecule has 0 radical (unpaired) electrons. The molecule has 0 spiro atoms. The van der Waals surface area contributed by atoms with E-state index in [1.165, 1.54) is 24.3 Å². The number of halogens is 1. The largest absolute Gasteiger partial charge is 0.395 e. The zero-order chi connectivity index (χ0) is 12.4. The number of urea groups is 1. The molecule has 1 unspecified atom stereocenters. The Balaban J connectivity index is 2.21. The van der Waals surface area contributed by atoms with E-state index >= 15 is 0 Å². The van der Waals surface area contributed by atoms with E-state index in [0.29, 0.717) is 5.56 Å². The van der Waals surface area contributed by atoms with Gasteiger partial charge >= 0.3 is 6.03 Å². The van der Waals surface area contributed by atoms with E-state index in [4.69, 9.17) is 5.11 Å². The van der Waals surface area contributed by atoms with Crippen LogP contribution in [0.15, 0.2) is 24.3 Å². The van der Waals surface area contributed by atoms with Gasteiger partial charge in [-0.1, -0.05) is 12.1 Å². The van der Waals surface area contributed by atoms with Crippen LogP contribution in [0.5, 0.6) is 0 Å². The molecule has 2 rings (SSSR count). The van der Waals surface area contributed by atoms with Crippen molar-refractivity contribution in [3.05, 3.63) is 35.6 Å². The summed E-state index contributed by atoms with van der Waals surface area (Å²) in [7, 11) is 0. The second-order valence-corrected chi connectivity index (χ2v) is 3.65. The van der Waals surface area contributed by atoms with Gasteiger partial charge in [0.2, 0.25) is 0 Å². The van der Waals surface area contributed by atoms with Gasteiger partial charge in [-0.25, -0.2) is 9.18 Å². The first-order valence-corrected chi connectivity index (χ1v) is 5.11. The molecule has 1 aliphatic rings. The molecule has 1 aliphatic heterocycles. The second-order valence-electron chi connectivity index (χ2n) is 3.65. The summed E-state index contributed by atoms with van der Waals surface area (Å²) in [5, 5.41) is 11.2. The average Bonchev–Trinajstić information content (AvgIpc) is 2.59. The number of aliphatic hydroxyl groups is 1. The van der Waals surface area contributed by atoms with Crippen molar-refractivity contribution in [2.24, 2.45) is 0 Å². The smallest absolute Gasteiger partial charge is 0.325 e. The highest BCUT2D eigenvalue weighted by molar-refractivity contribution is 6.04.